The summed E-state index contributed by atoms with van der Waals surface area (Å²) in [5.74, 6) is 3.36. The molecule has 10 rings (SSSR count). The Labute approximate surface area is 288 Å². The highest BCUT2D eigenvalue weighted by Gasteiger charge is 2.22. The molecule has 0 fully saturated rings. The maximum atomic E-state index is 6.53. The maximum absolute atomic E-state index is 6.53. The third kappa shape index (κ3) is 4.60. The Kier molecular flexibility index (Phi) is 6.42. The minimum absolute atomic E-state index is 0.543. The Morgan fingerprint density at radius 3 is 1.98 bits per heavy atom. The number of hydrogen-bond acceptors (Lipinski definition) is 4. The minimum atomic E-state index is 0.543. The first-order chi connectivity index (χ1) is 24.8. The maximum Gasteiger partial charge on any atom is 0.238 e. The van der Waals surface area contributed by atoms with Crippen molar-refractivity contribution in [3.8, 4) is 51.3 Å². The van der Waals surface area contributed by atoms with E-state index in [1.807, 2.05) is 48.5 Å². The molecule has 5 nitrogen and oxygen atoms in total. The van der Waals surface area contributed by atoms with Gasteiger partial charge in [0.2, 0.25) is 5.95 Å². The van der Waals surface area contributed by atoms with Gasteiger partial charge in [0.05, 0.1) is 11.0 Å². The monoisotopic (exact) mass is 640 g/mol. The first kappa shape index (κ1) is 28.2. The molecule has 0 bridgehead atoms. The molecule has 0 N–H and O–H groups in total. The van der Waals surface area contributed by atoms with Crippen LogP contribution in [0.4, 0.5) is 0 Å². The average molecular weight is 641 g/mol. The Balaban J connectivity index is 1.19. The van der Waals surface area contributed by atoms with Crippen LogP contribution in [0.25, 0.3) is 84.6 Å². The molecule has 7 aromatic carbocycles. The highest BCUT2D eigenvalue weighted by molar-refractivity contribution is 6.13. The fourth-order valence-electron chi connectivity index (χ4n) is 7.11. The molecule has 0 amide bonds. The predicted octanol–water partition coefficient (Wildman–Crippen LogP) is 11.4. The van der Waals surface area contributed by atoms with Gasteiger partial charge in [-0.05, 0) is 52.2 Å². The second-order valence-electron chi connectivity index (χ2n) is 12.5. The van der Waals surface area contributed by atoms with Crippen LogP contribution in [0.15, 0.2) is 158 Å². The molecular formula is C45H28N4O. The second-order valence-corrected chi connectivity index (χ2v) is 12.5. The van der Waals surface area contributed by atoms with Crippen LogP contribution in [-0.2, 0) is 0 Å². The van der Waals surface area contributed by atoms with Gasteiger partial charge in [0.15, 0.2) is 11.6 Å². The van der Waals surface area contributed by atoms with Crippen LogP contribution in [0.5, 0.6) is 11.5 Å². The number of aromatic nitrogens is 4. The zero-order valence-corrected chi connectivity index (χ0v) is 26.9. The Hall–Kier alpha value is -6.85. The van der Waals surface area contributed by atoms with Gasteiger partial charge in [-0.2, -0.15) is 9.97 Å². The molecular weight excluding hydrogens is 613 g/mol. The molecule has 5 heteroatoms. The van der Waals surface area contributed by atoms with E-state index in [1.165, 1.54) is 16.3 Å². The number of fused-ring (bicyclic) bond motifs is 7. The van der Waals surface area contributed by atoms with Crippen LogP contribution >= 0.6 is 0 Å². The fraction of sp³-hybridized carbons (Fsp3) is 0. The summed E-state index contributed by atoms with van der Waals surface area (Å²) in [4.78, 5) is 15.4. The molecule has 50 heavy (non-hydrogen) atoms. The van der Waals surface area contributed by atoms with Crippen LogP contribution < -0.4 is 4.74 Å². The molecule has 0 saturated carbocycles. The van der Waals surface area contributed by atoms with E-state index >= 15 is 0 Å². The van der Waals surface area contributed by atoms with Crippen molar-refractivity contribution in [2.24, 2.45) is 0 Å². The van der Waals surface area contributed by atoms with Crippen molar-refractivity contribution in [3.05, 3.63) is 169 Å². The molecule has 0 aliphatic carbocycles. The molecule has 0 spiro atoms. The molecule has 9 aromatic rings. The summed E-state index contributed by atoms with van der Waals surface area (Å²) >= 11 is 0. The van der Waals surface area contributed by atoms with Crippen molar-refractivity contribution in [3.63, 3.8) is 0 Å². The number of hydrogen-bond donors (Lipinski definition) is 0. The van der Waals surface area contributed by atoms with Crippen LogP contribution in [-0.4, -0.2) is 19.5 Å². The third-order valence-electron chi connectivity index (χ3n) is 9.50. The molecule has 3 heterocycles. The van der Waals surface area contributed by atoms with Gasteiger partial charge < -0.3 is 4.74 Å². The lowest BCUT2D eigenvalue weighted by atomic mass is 9.97. The predicted molar refractivity (Wildman–Crippen MR) is 203 cm³/mol. The lowest BCUT2D eigenvalue weighted by Crippen LogP contribution is -2.07. The number of benzene rings is 7. The van der Waals surface area contributed by atoms with Crippen molar-refractivity contribution < 1.29 is 4.74 Å². The molecule has 0 unspecified atom stereocenters. The number of para-hydroxylation sites is 2. The van der Waals surface area contributed by atoms with Gasteiger partial charge in [0.1, 0.15) is 11.5 Å². The van der Waals surface area contributed by atoms with Crippen molar-refractivity contribution in [2.75, 3.05) is 0 Å². The quantitative estimate of drug-likeness (QED) is 0.192. The number of rotatable bonds is 4. The Bertz CT molecular complexity index is 2780. The molecule has 234 valence electrons. The van der Waals surface area contributed by atoms with Crippen LogP contribution in [0, 0.1) is 0 Å². The van der Waals surface area contributed by atoms with E-state index in [1.54, 1.807) is 0 Å². The Morgan fingerprint density at radius 1 is 0.440 bits per heavy atom. The molecule has 0 atom stereocenters. The lowest BCUT2D eigenvalue weighted by molar-refractivity contribution is 0.482. The first-order valence-corrected chi connectivity index (χ1v) is 16.7. The lowest BCUT2D eigenvalue weighted by Gasteiger charge is -2.14. The highest BCUT2D eigenvalue weighted by Crippen LogP contribution is 2.42. The fourth-order valence-corrected chi connectivity index (χ4v) is 7.11. The van der Waals surface area contributed by atoms with Crippen molar-refractivity contribution in [1.82, 2.24) is 19.5 Å². The molecule has 0 radical (unpaired) electrons. The standard InChI is InChI=1S/C45H28N4O/c1-2-13-32(14-3-1)43-46-44(33-23-21-30(22-24-33)35-18-10-15-29-11-4-6-16-34(29)35)48-45(47-43)49-39-19-8-7-17-36(39)37-27-28-41-38(42(37)49)26-25-31-12-5-9-20-40(31)50-41/h1-28H. The number of nitrogens with zero attached hydrogens (tertiary/aromatic N) is 4. The van der Waals surface area contributed by atoms with Gasteiger partial charge in [-0.25, -0.2) is 4.98 Å². The molecule has 1 aliphatic heterocycles. The van der Waals surface area contributed by atoms with Gasteiger partial charge in [0.25, 0.3) is 0 Å². The summed E-state index contributed by atoms with van der Waals surface area (Å²) in [7, 11) is 0. The molecule has 2 aromatic heterocycles. The van der Waals surface area contributed by atoms with E-state index in [0.29, 0.717) is 17.6 Å². The minimum Gasteiger partial charge on any atom is -0.456 e. The first-order valence-electron chi connectivity index (χ1n) is 16.7. The van der Waals surface area contributed by atoms with E-state index in [9.17, 15) is 0 Å². The molecule has 1 aliphatic rings. The topological polar surface area (TPSA) is 52.8 Å². The van der Waals surface area contributed by atoms with E-state index in [2.05, 4.69) is 126 Å². The summed E-state index contributed by atoms with van der Waals surface area (Å²) in [5, 5.41) is 4.66. The van der Waals surface area contributed by atoms with Crippen LogP contribution in [0.1, 0.15) is 11.1 Å². The largest absolute Gasteiger partial charge is 0.456 e. The summed E-state index contributed by atoms with van der Waals surface area (Å²) in [6.45, 7) is 0. The van der Waals surface area contributed by atoms with E-state index in [4.69, 9.17) is 19.7 Å². The van der Waals surface area contributed by atoms with Gasteiger partial charge >= 0.3 is 0 Å². The smallest absolute Gasteiger partial charge is 0.238 e. The van der Waals surface area contributed by atoms with Crippen molar-refractivity contribution in [2.45, 2.75) is 0 Å². The van der Waals surface area contributed by atoms with Crippen molar-refractivity contribution >= 4 is 44.7 Å². The van der Waals surface area contributed by atoms with Crippen molar-refractivity contribution in [1.29, 1.82) is 0 Å². The second kappa shape index (κ2) is 11.4. The third-order valence-corrected chi connectivity index (χ3v) is 9.50. The van der Waals surface area contributed by atoms with E-state index in [0.717, 1.165) is 61.1 Å². The van der Waals surface area contributed by atoms with Gasteiger partial charge in [0, 0.05) is 33.0 Å². The Morgan fingerprint density at radius 2 is 1.12 bits per heavy atom. The van der Waals surface area contributed by atoms with Gasteiger partial charge in [-0.3, -0.25) is 4.57 Å². The zero-order chi connectivity index (χ0) is 33.0. The van der Waals surface area contributed by atoms with E-state index < -0.39 is 0 Å². The number of ether oxygens (including phenoxy) is 1. The van der Waals surface area contributed by atoms with Gasteiger partial charge in [-0.1, -0.05) is 140 Å². The zero-order valence-electron chi connectivity index (χ0n) is 26.9. The SMILES string of the molecule is C1=Cc2c(ccc3c4ccccc4n(-c4nc(-c5ccccc5)nc(-c5ccc(-c6cccc7ccccc67)cc5)n4)c23)Oc2ccccc21. The normalized spacial score (nSPS) is 12.1. The highest BCUT2D eigenvalue weighted by atomic mass is 16.5. The van der Waals surface area contributed by atoms with Crippen LogP contribution in [0.2, 0.25) is 0 Å². The van der Waals surface area contributed by atoms with E-state index in [-0.39, 0.29) is 0 Å². The summed E-state index contributed by atoms with van der Waals surface area (Å²) in [6, 6.07) is 54.3. The summed E-state index contributed by atoms with van der Waals surface area (Å²) in [5.41, 5.74) is 8.15. The van der Waals surface area contributed by atoms with Gasteiger partial charge in [-0.15, -0.1) is 0 Å². The van der Waals surface area contributed by atoms with Crippen LogP contribution in [0.3, 0.4) is 0 Å². The summed E-state index contributed by atoms with van der Waals surface area (Å²) in [6.07, 6.45) is 4.26. The molecule has 0 saturated heterocycles. The average Bonchev–Trinajstić information content (AvgIpc) is 3.40. The summed E-state index contributed by atoms with van der Waals surface area (Å²) < 4.78 is 8.69.